The molecule has 0 bridgehead atoms. The molecule has 0 amide bonds. The highest BCUT2D eigenvalue weighted by Crippen LogP contribution is 2.30. The first-order valence-electron chi connectivity index (χ1n) is 6.55. The van der Waals surface area contributed by atoms with Crippen LogP contribution in [0.3, 0.4) is 0 Å². The maximum Gasteiger partial charge on any atom is 0.163 e. The monoisotopic (exact) mass is 288 g/mol. The lowest BCUT2D eigenvalue weighted by atomic mass is 10.3. The first kappa shape index (κ1) is 13.3. The van der Waals surface area contributed by atoms with E-state index in [-0.39, 0.29) is 12.6 Å². The highest BCUT2D eigenvalue weighted by Gasteiger charge is 2.10. The number of benzene rings is 1. The summed E-state index contributed by atoms with van der Waals surface area (Å²) in [4.78, 5) is 4.57. The third-order valence-electron chi connectivity index (χ3n) is 3.06. The van der Waals surface area contributed by atoms with Crippen LogP contribution in [-0.4, -0.2) is 22.7 Å². The Morgan fingerprint density at radius 3 is 2.95 bits per heavy atom. The Balaban J connectivity index is 1.79. The van der Waals surface area contributed by atoms with Crippen LogP contribution in [0, 0.1) is 0 Å². The molecule has 20 heavy (non-hydrogen) atoms. The molecule has 4 nitrogen and oxygen atoms in total. The number of para-hydroxylation sites is 1. The summed E-state index contributed by atoms with van der Waals surface area (Å²) in [6.07, 6.45) is 0. The third-order valence-corrected chi connectivity index (χ3v) is 4.12. The number of thiazole rings is 1. The first-order chi connectivity index (χ1) is 9.76. The van der Waals surface area contributed by atoms with Crippen LogP contribution in [0.5, 0.6) is 0 Å². The molecule has 2 aromatic heterocycles. The second kappa shape index (κ2) is 5.75. The molecule has 0 fully saturated rings. The van der Waals surface area contributed by atoms with Crippen molar-refractivity contribution in [1.29, 1.82) is 0 Å². The van der Waals surface area contributed by atoms with Gasteiger partial charge in [-0.2, -0.15) is 0 Å². The lowest BCUT2D eigenvalue weighted by Gasteiger charge is -2.08. The van der Waals surface area contributed by atoms with Gasteiger partial charge in [-0.3, -0.25) is 0 Å². The molecule has 0 aliphatic rings. The average molecular weight is 288 g/mol. The minimum Gasteiger partial charge on any atom is -0.457 e. The Morgan fingerprint density at radius 1 is 1.30 bits per heavy atom. The van der Waals surface area contributed by atoms with Crippen LogP contribution in [0.4, 0.5) is 0 Å². The predicted molar refractivity (Wildman–Crippen MR) is 80.7 cm³/mol. The summed E-state index contributed by atoms with van der Waals surface area (Å²) < 4.78 is 6.96. The lowest BCUT2D eigenvalue weighted by Crippen LogP contribution is -2.28. The van der Waals surface area contributed by atoms with Crippen molar-refractivity contribution in [3.8, 4) is 10.8 Å². The van der Waals surface area contributed by atoms with Crippen molar-refractivity contribution < 1.29 is 9.52 Å². The molecular formula is C15H16N2O2S. The number of nitrogens with one attached hydrogen (secondary N) is 1. The molecule has 0 unspecified atom stereocenters. The first-order valence-corrected chi connectivity index (χ1v) is 7.37. The molecule has 0 aliphatic carbocycles. The smallest absolute Gasteiger partial charge is 0.163 e. The van der Waals surface area contributed by atoms with Crippen molar-refractivity contribution in [3.05, 3.63) is 42.2 Å². The zero-order valence-corrected chi connectivity index (χ0v) is 12.0. The summed E-state index contributed by atoms with van der Waals surface area (Å²) in [5.41, 5.74) is 0.998. The van der Waals surface area contributed by atoms with Gasteiger partial charge in [0, 0.05) is 6.04 Å². The van der Waals surface area contributed by atoms with Crippen molar-refractivity contribution >= 4 is 21.6 Å². The van der Waals surface area contributed by atoms with Crippen LogP contribution in [-0.2, 0) is 6.54 Å². The normalized spacial score (nSPS) is 12.9. The molecule has 2 N–H and O–H groups in total. The van der Waals surface area contributed by atoms with Gasteiger partial charge in [0.2, 0.25) is 0 Å². The van der Waals surface area contributed by atoms with Crippen LogP contribution < -0.4 is 5.32 Å². The van der Waals surface area contributed by atoms with Crippen molar-refractivity contribution in [2.45, 2.75) is 19.5 Å². The van der Waals surface area contributed by atoms with Crippen molar-refractivity contribution in [3.63, 3.8) is 0 Å². The summed E-state index contributed by atoms with van der Waals surface area (Å²) in [6.45, 7) is 2.65. The van der Waals surface area contributed by atoms with E-state index in [1.165, 1.54) is 0 Å². The standard InChI is InChI=1S/C15H16N2O2S/c1-10(9-18)16-8-11-6-7-13(19-11)15-17-12-4-2-3-5-14(12)20-15/h2-7,10,16,18H,8-9H2,1H3/t10-/m1/s1. The zero-order chi connectivity index (χ0) is 13.9. The van der Waals surface area contributed by atoms with Gasteiger partial charge in [0.25, 0.3) is 0 Å². The molecule has 0 saturated carbocycles. The van der Waals surface area contributed by atoms with Gasteiger partial charge >= 0.3 is 0 Å². The summed E-state index contributed by atoms with van der Waals surface area (Å²) in [7, 11) is 0. The quantitative estimate of drug-likeness (QED) is 0.757. The van der Waals surface area contributed by atoms with Crippen molar-refractivity contribution in [2.75, 3.05) is 6.61 Å². The Kier molecular flexibility index (Phi) is 3.82. The van der Waals surface area contributed by atoms with E-state index in [2.05, 4.69) is 16.4 Å². The zero-order valence-electron chi connectivity index (χ0n) is 11.2. The number of hydrogen-bond acceptors (Lipinski definition) is 5. The molecule has 0 spiro atoms. The summed E-state index contributed by atoms with van der Waals surface area (Å²) in [5, 5.41) is 13.1. The van der Waals surface area contributed by atoms with Gasteiger partial charge in [-0.25, -0.2) is 4.98 Å². The van der Waals surface area contributed by atoms with E-state index in [4.69, 9.17) is 9.52 Å². The molecule has 1 aromatic carbocycles. The number of hydrogen-bond donors (Lipinski definition) is 2. The number of nitrogens with zero attached hydrogens (tertiary/aromatic N) is 1. The van der Waals surface area contributed by atoms with E-state index in [9.17, 15) is 0 Å². The lowest BCUT2D eigenvalue weighted by molar-refractivity contribution is 0.248. The molecule has 3 rings (SSSR count). The number of rotatable bonds is 5. The van der Waals surface area contributed by atoms with E-state index in [1.807, 2.05) is 37.3 Å². The molecule has 0 radical (unpaired) electrons. The van der Waals surface area contributed by atoms with Crippen LogP contribution in [0.1, 0.15) is 12.7 Å². The molecule has 3 aromatic rings. The Morgan fingerprint density at radius 2 is 2.15 bits per heavy atom. The van der Waals surface area contributed by atoms with Gasteiger partial charge in [-0.15, -0.1) is 11.3 Å². The number of fused-ring (bicyclic) bond motifs is 1. The Bertz CT molecular complexity index is 672. The van der Waals surface area contributed by atoms with E-state index in [0.717, 1.165) is 26.7 Å². The molecule has 2 heterocycles. The molecular weight excluding hydrogens is 272 g/mol. The van der Waals surface area contributed by atoms with Crippen molar-refractivity contribution in [1.82, 2.24) is 10.3 Å². The minimum atomic E-state index is 0.0611. The van der Waals surface area contributed by atoms with E-state index >= 15 is 0 Å². The highest BCUT2D eigenvalue weighted by atomic mass is 32.1. The third kappa shape index (κ3) is 2.75. The number of furan rings is 1. The highest BCUT2D eigenvalue weighted by molar-refractivity contribution is 7.21. The number of aliphatic hydroxyl groups is 1. The van der Waals surface area contributed by atoms with Crippen LogP contribution >= 0.6 is 11.3 Å². The molecule has 5 heteroatoms. The molecule has 104 valence electrons. The summed E-state index contributed by atoms with van der Waals surface area (Å²) >= 11 is 1.63. The van der Waals surface area contributed by atoms with Gasteiger partial charge in [0.1, 0.15) is 5.76 Å². The average Bonchev–Trinajstić information content (AvgIpc) is 3.10. The number of aliphatic hydroxyl groups excluding tert-OH is 1. The Hall–Kier alpha value is -1.69. The largest absolute Gasteiger partial charge is 0.457 e. The fraction of sp³-hybridized carbons (Fsp3) is 0.267. The molecule has 1 atom stereocenters. The van der Waals surface area contributed by atoms with Gasteiger partial charge in [-0.1, -0.05) is 12.1 Å². The van der Waals surface area contributed by atoms with Crippen LogP contribution in [0.15, 0.2) is 40.8 Å². The second-order valence-corrected chi connectivity index (χ2v) is 5.75. The van der Waals surface area contributed by atoms with Crippen LogP contribution in [0.25, 0.3) is 21.0 Å². The molecule has 0 aliphatic heterocycles. The van der Waals surface area contributed by atoms with Gasteiger partial charge in [0.05, 0.1) is 23.4 Å². The van der Waals surface area contributed by atoms with Crippen molar-refractivity contribution in [2.24, 2.45) is 0 Å². The Labute approximate surface area is 121 Å². The topological polar surface area (TPSA) is 58.3 Å². The van der Waals surface area contributed by atoms with E-state index in [1.54, 1.807) is 11.3 Å². The predicted octanol–water partition coefficient (Wildman–Crippen LogP) is 3.03. The number of aromatic nitrogens is 1. The second-order valence-electron chi connectivity index (χ2n) is 4.72. The van der Waals surface area contributed by atoms with E-state index in [0.29, 0.717) is 6.54 Å². The summed E-state index contributed by atoms with van der Waals surface area (Å²) in [5.74, 6) is 1.64. The SMILES string of the molecule is C[C@H](CO)NCc1ccc(-c2nc3ccccc3s2)o1. The van der Waals surface area contributed by atoms with Crippen LogP contribution in [0.2, 0.25) is 0 Å². The fourth-order valence-corrected chi connectivity index (χ4v) is 2.83. The maximum absolute atomic E-state index is 8.98. The van der Waals surface area contributed by atoms with Gasteiger partial charge in [-0.05, 0) is 31.2 Å². The minimum absolute atomic E-state index is 0.0611. The van der Waals surface area contributed by atoms with Gasteiger partial charge < -0.3 is 14.8 Å². The molecule has 0 saturated heterocycles. The maximum atomic E-state index is 8.98. The van der Waals surface area contributed by atoms with Gasteiger partial charge in [0.15, 0.2) is 10.8 Å². The van der Waals surface area contributed by atoms with E-state index < -0.39 is 0 Å². The summed E-state index contributed by atoms with van der Waals surface area (Å²) in [6, 6.07) is 12.0. The fourth-order valence-electron chi connectivity index (χ4n) is 1.90.